The number of carbonyl (C=O) groups is 4. The number of imide groups is 2. The fourth-order valence-electron chi connectivity index (χ4n) is 8.07. The first kappa shape index (κ1) is 31.5. The second-order valence-corrected chi connectivity index (χ2v) is 13.9. The normalized spacial score (nSPS) is 27.9. The predicted octanol–water partition coefficient (Wildman–Crippen LogP) is 5.75. The van der Waals surface area contributed by atoms with Crippen molar-refractivity contribution in [2.24, 2.45) is 23.7 Å². The van der Waals surface area contributed by atoms with E-state index in [1.165, 1.54) is 20.3 Å². The van der Waals surface area contributed by atoms with Crippen LogP contribution in [0.2, 0.25) is 10.0 Å². The van der Waals surface area contributed by atoms with Crippen molar-refractivity contribution < 1.29 is 33.8 Å². The summed E-state index contributed by atoms with van der Waals surface area (Å²) in [6.07, 6.45) is 2.25. The van der Waals surface area contributed by atoms with Crippen molar-refractivity contribution >= 4 is 68.4 Å². The number of hydrogen-bond acceptors (Lipinski definition) is 8. The third-order valence-electron chi connectivity index (χ3n) is 10.0. The lowest BCUT2D eigenvalue weighted by atomic mass is 9.49. The molecule has 6 atom stereocenters. The Morgan fingerprint density at radius 3 is 2.40 bits per heavy atom. The Labute approximate surface area is 288 Å². The number of carbonyl (C=O) groups excluding carboxylic acids is 4. The third kappa shape index (κ3) is 4.65. The second kappa shape index (κ2) is 11.6. The van der Waals surface area contributed by atoms with Crippen LogP contribution in [0, 0.1) is 23.7 Å². The number of fused-ring (bicyclic) bond motifs is 4. The number of ether oxygens (including phenoxy) is 2. The molecule has 2 aliphatic heterocycles. The molecule has 7 rings (SSSR count). The molecule has 6 unspecified atom stereocenters. The highest BCUT2D eigenvalue weighted by atomic mass is 79.9. The van der Waals surface area contributed by atoms with Crippen LogP contribution in [0.15, 0.2) is 70.7 Å². The van der Waals surface area contributed by atoms with Gasteiger partial charge in [-0.3, -0.25) is 29.9 Å². The number of methoxy groups -OCH3 is 2. The first-order valence-electron chi connectivity index (χ1n) is 14.9. The number of amides is 4. The number of anilines is 1. The SMILES string of the molecule is COc1ccc(C23C(=O)N(Nc4ccc(Cl)cc4Cl)C(=O)C2CC2C(=CCC4C(=O)NC(=O)C42)C3c2cc(Br)cc(OC)c2O)cc1. The first-order chi connectivity index (χ1) is 22.5. The summed E-state index contributed by atoms with van der Waals surface area (Å²) in [6.45, 7) is 0. The number of phenols is 1. The van der Waals surface area contributed by atoms with E-state index >= 15 is 4.79 Å². The molecule has 2 heterocycles. The van der Waals surface area contributed by atoms with E-state index in [1.54, 1.807) is 48.5 Å². The highest BCUT2D eigenvalue weighted by Crippen LogP contribution is 2.65. The van der Waals surface area contributed by atoms with Crippen LogP contribution in [-0.2, 0) is 24.6 Å². The van der Waals surface area contributed by atoms with Crippen LogP contribution in [0.4, 0.5) is 5.69 Å². The fourth-order valence-corrected chi connectivity index (χ4v) is 8.97. The maximum Gasteiger partial charge on any atom is 0.260 e. The van der Waals surface area contributed by atoms with Crippen molar-refractivity contribution in [1.29, 1.82) is 0 Å². The Kier molecular flexibility index (Phi) is 7.76. The molecule has 0 aromatic heterocycles. The lowest BCUT2D eigenvalue weighted by molar-refractivity contribution is -0.138. The summed E-state index contributed by atoms with van der Waals surface area (Å²) in [5, 5.41) is 15.7. The number of hydrogen-bond donors (Lipinski definition) is 3. The Morgan fingerprint density at radius 1 is 0.979 bits per heavy atom. The van der Waals surface area contributed by atoms with E-state index in [9.17, 15) is 19.5 Å². The van der Waals surface area contributed by atoms with Gasteiger partial charge in [0.25, 0.3) is 11.8 Å². The zero-order chi connectivity index (χ0) is 33.4. The minimum atomic E-state index is -1.62. The molecule has 2 saturated heterocycles. The molecule has 3 aromatic rings. The minimum absolute atomic E-state index is 0.0965. The molecule has 3 fully saturated rings. The van der Waals surface area contributed by atoms with Crippen LogP contribution in [0.5, 0.6) is 17.2 Å². The molecular formula is C34H28BrCl2N3O7. The van der Waals surface area contributed by atoms with Gasteiger partial charge in [-0.15, -0.1) is 0 Å². The summed E-state index contributed by atoms with van der Waals surface area (Å²) >= 11 is 16.1. The molecular weight excluding hydrogens is 713 g/mol. The smallest absolute Gasteiger partial charge is 0.260 e. The van der Waals surface area contributed by atoms with Crippen LogP contribution in [0.3, 0.4) is 0 Å². The molecule has 4 amide bonds. The molecule has 0 radical (unpaired) electrons. The third-order valence-corrected chi connectivity index (χ3v) is 11.0. The Morgan fingerprint density at radius 2 is 1.72 bits per heavy atom. The van der Waals surface area contributed by atoms with Gasteiger partial charge in [-0.25, -0.2) is 0 Å². The Hall–Kier alpha value is -4.06. The minimum Gasteiger partial charge on any atom is -0.504 e. The number of phenolic OH excluding ortho intramolecular Hbond substituents is 1. The topological polar surface area (TPSA) is 134 Å². The molecule has 242 valence electrons. The fraction of sp³-hybridized carbons (Fsp3) is 0.294. The number of hydrazine groups is 1. The number of nitrogens with one attached hydrogen (secondary N) is 2. The van der Waals surface area contributed by atoms with Crippen molar-refractivity contribution in [2.45, 2.75) is 24.2 Å². The van der Waals surface area contributed by atoms with E-state index < -0.39 is 52.7 Å². The number of halogens is 3. The summed E-state index contributed by atoms with van der Waals surface area (Å²) in [6, 6.07) is 14.8. The largest absolute Gasteiger partial charge is 0.504 e. The highest BCUT2D eigenvalue weighted by Gasteiger charge is 2.70. The standard InChI is InChI=1S/C34H28BrCl2N3O7/c1-46-18-6-3-15(4-7-18)34-23(32(44)40(33(34)45)39-25-10-5-17(36)13-24(25)37)14-21-19(8-9-20-27(21)31(43)38-30(20)42)28(34)22-11-16(35)12-26(47-2)29(22)41/h3-8,10-13,20-21,23,27-28,39,41H,9,14H2,1-2H3,(H,38,42,43). The molecule has 0 bridgehead atoms. The summed E-state index contributed by atoms with van der Waals surface area (Å²) in [5.41, 5.74) is 3.12. The van der Waals surface area contributed by atoms with Gasteiger partial charge in [-0.05, 0) is 66.8 Å². The number of benzene rings is 3. The van der Waals surface area contributed by atoms with Gasteiger partial charge in [0.15, 0.2) is 11.5 Å². The molecule has 0 spiro atoms. The molecule has 3 aromatic carbocycles. The average molecular weight is 741 g/mol. The highest BCUT2D eigenvalue weighted by molar-refractivity contribution is 9.10. The zero-order valence-electron chi connectivity index (χ0n) is 25.1. The van der Waals surface area contributed by atoms with Gasteiger partial charge in [-0.2, -0.15) is 5.01 Å². The van der Waals surface area contributed by atoms with Crippen LogP contribution >= 0.6 is 39.1 Å². The molecule has 47 heavy (non-hydrogen) atoms. The molecule has 10 nitrogen and oxygen atoms in total. The van der Waals surface area contributed by atoms with Crippen LogP contribution in [0.25, 0.3) is 0 Å². The van der Waals surface area contributed by atoms with Crippen molar-refractivity contribution in [3.63, 3.8) is 0 Å². The monoisotopic (exact) mass is 739 g/mol. The lowest BCUT2D eigenvalue weighted by Gasteiger charge is -2.50. The molecule has 13 heteroatoms. The maximum atomic E-state index is 15.2. The summed E-state index contributed by atoms with van der Waals surface area (Å²) < 4.78 is 11.5. The quantitative estimate of drug-likeness (QED) is 0.215. The number of nitrogens with zero attached hydrogens (tertiary/aromatic N) is 1. The molecule has 4 aliphatic rings. The van der Waals surface area contributed by atoms with E-state index in [-0.39, 0.29) is 41.0 Å². The van der Waals surface area contributed by atoms with Crippen molar-refractivity contribution in [2.75, 3.05) is 19.6 Å². The van der Waals surface area contributed by atoms with Crippen LogP contribution in [-0.4, -0.2) is 48.0 Å². The molecule has 2 aliphatic carbocycles. The van der Waals surface area contributed by atoms with Crippen molar-refractivity contribution in [3.8, 4) is 17.2 Å². The van der Waals surface area contributed by atoms with Gasteiger partial charge in [-0.1, -0.05) is 62.9 Å². The molecule has 3 N–H and O–H groups in total. The Bertz CT molecular complexity index is 1900. The summed E-state index contributed by atoms with van der Waals surface area (Å²) in [4.78, 5) is 56.0. The van der Waals surface area contributed by atoms with Gasteiger partial charge < -0.3 is 14.6 Å². The van der Waals surface area contributed by atoms with Gasteiger partial charge >= 0.3 is 0 Å². The van der Waals surface area contributed by atoms with Gasteiger partial charge in [0.2, 0.25) is 11.8 Å². The lowest BCUT2D eigenvalue weighted by Crippen LogP contribution is -2.53. The second-order valence-electron chi connectivity index (χ2n) is 12.1. The predicted molar refractivity (Wildman–Crippen MR) is 176 cm³/mol. The van der Waals surface area contributed by atoms with E-state index in [4.69, 9.17) is 32.7 Å². The van der Waals surface area contributed by atoms with Crippen LogP contribution in [0.1, 0.15) is 29.9 Å². The van der Waals surface area contributed by atoms with Gasteiger partial charge in [0.05, 0.1) is 48.1 Å². The average Bonchev–Trinajstić information content (AvgIpc) is 3.47. The van der Waals surface area contributed by atoms with Crippen molar-refractivity contribution in [1.82, 2.24) is 10.3 Å². The molecule has 1 saturated carbocycles. The van der Waals surface area contributed by atoms with E-state index in [0.717, 1.165) is 5.01 Å². The van der Waals surface area contributed by atoms with E-state index in [0.29, 0.717) is 31.9 Å². The number of rotatable bonds is 6. The van der Waals surface area contributed by atoms with Crippen molar-refractivity contribution in [3.05, 3.63) is 91.9 Å². The summed E-state index contributed by atoms with van der Waals surface area (Å²) in [5.74, 6) is -5.34. The van der Waals surface area contributed by atoms with Gasteiger partial charge in [0, 0.05) is 21.0 Å². The maximum absolute atomic E-state index is 15.2. The zero-order valence-corrected chi connectivity index (χ0v) is 28.2. The summed E-state index contributed by atoms with van der Waals surface area (Å²) in [7, 11) is 2.95. The number of aromatic hydroxyl groups is 1. The first-order valence-corrected chi connectivity index (χ1v) is 16.4. The number of allylic oxidation sites excluding steroid dienone is 2. The van der Waals surface area contributed by atoms with Crippen LogP contribution < -0.4 is 20.2 Å². The van der Waals surface area contributed by atoms with E-state index in [2.05, 4.69) is 26.7 Å². The van der Waals surface area contributed by atoms with E-state index in [1.807, 2.05) is 6.08 Å². The Balaban J connectivity index is 1.51. The van der Waals surface area contributed by atoms with Gasteiger partial charge in [0.1, 0.15) is 5.75 Å².